The zero-order valence-corrected chi connectivity index (χ0v) is 20.1. The number of nitrogens with zero attached hydrogens (tertiary/aromatic N) is 2. The molecule has 0 amide bonds. The Kier molecular flexibility index (Phi) is 9.13. The lowest BCUT2D eigenvalue weighted by Crippen LogP contribution is -2.46. The van der Waals surface area contributed by atoms with Gasteiger partial charge in [0.15, 0.2) is 16.6 Å². The summed E-state index contributed by atoms with van der Waals surface area (Å²) in [6.45, 7) is 8.37. The van der Waals surface area contributed by atoms with Crippen LogP contribution in [-0.2, 0) is 11.3 Å². The summed E-state index contributed by atoms with van der Waals surface area (Å²) in [5.74, 6) is 1.20. The zero-order valence-electron chi connectivity index (χ0n) is 19.2. The van der Waals surface area contributed by atoms with Crippen molar-refractivity contribution in [3.63, 3.8) is 0 Å². The molecule has 0 atom stereocenters. The summed E-state index contributed by atoms with van der Waals surface area (Å²) in [4.78, 5) is 20.3. The number of hydrogen-bond donors (Lipinski definition) is 2. The third-order valence-electron chi connectivity index (χ3n) is 5.67. The number of methoxy groups -OCH3 is 2. The summed E-state index contributed by atoms with van der Waals surface area (Å²) < 4.78 is 16.2. The van der Waals surface area contributed by atoms with Gasteiger partial charge in [-0.2, -0.15) is 0 Å². The molecule has 1 aromatic heterocycles. The van der Waals surface area contributed by atoms with Gasteiger partial charge in [-0.15, -0.1) is 0 Å². The van der Waals surface area contributed by atoms with Crippen LogP contribution in [0.25, 0.3) is 10.9 Å². The first kappa shape index (κ1) is 24.3. The van der Waals surface area contributed by atoms with Gasteiger partial charge in [-0.25, -0.2) is 0 Å². The predicted octanol–water partition coefficient (Wildman–Crippen LogP) is 2.35. The van der Waals surface area contributed by atoms with E-state index in [1.165, 1.54) is 0 Å². The first-order valence-electron chi connectivity index (χ1n) is 11.2. The molecule has 2 N–H and O–H groups in total. The van der Waals surface area contributed by atoms with Crippen molar-refractivity contribution in [2.75, 3.05) is 60.2 Å². The lowest BCUT2D eigenvalue weighted by molar-refractivity contribution is 0.0357. The summed E-state index contributed by atoms with van der Waals surface area (Å²) in [6.07, 6.45) is 2.15. The molecule has 32 heavy (non-hydrogen) atoms. The smallest absolute Gasteiger partial charge is 0.253 e. The van der Waals surface area contributed by atoms with Crippen LogP contribution in [0.5, 0.6) is 11.5 Å². The number of morpholine rings is 1. The third-order valence-corrected chi connectivity index (χ3v) is 6.07. The van der Waals surface area contributed by atoms with E-state index in [9.17, 15) is 4.79 Å². The number of thiocarbonyl (C=S) groups is 1. The summed E-state index contributed by atoms with van der Waals surface area (Å²) >= 11 is 5.69. The largest absolute Gasteiger partial charge is 0.493 e. The predicted molar refractivity (Wildman–Crippen MR) is 131 cm³/mol. The van der Waals surface area contributed by atoms with E-state index in [1.54, 1.807) is 20.3 Å². The van der Waals surface area contributed by atoms with Crippen LogP contribution in [0.3, 0.4) is 0 Å². The Morgan fingerprint density at radius 3 is 2.62 bits per heavy atom. The Labute approximate surface area is 194 Å². The van der Waals surface area contributed by atoms with E-state index in [1.807, 2.05) is 12.1 Å². The van der Waals surface area contributed by atoms with Crippen LogP contribution in [0, 0.1) is 0 Å². The second kappa shape index (κ2) is 12.0. The fourth-order valence-electron chi connectivity index (χ4n) is 3.72. The van der Waals surface area contributed by atoms with Crippen molar-refractivity contribution in [2.45, 2.75) is 26.3 Å². The molecule has 0 spiro atoms. The molecule has 0 unspecified atom stereocenters. The molecule has 1 aromatic carbocycles. The Hall–Kier alpha value is -2.36. The fraction of sp³-hybridized carbons (Fsp3) is 0.565. The van der Waals surface area contributed by atoms with Crippen molar-refractivity contribution in [2.24, 2.45) is 0 Å². The normalized spacial score (nSPS) is 14.3. The molecule has 3 rings (SSSR count). The zero-order chi connectivity index (χ0) is 22.9. The molecule has 2 heterocycles. The van der Waals surface area contributed by atoms with Gasteiger partial charge in [0.1, 0.15) is 0 Å². The minimum atomic E-state index is -0.127. The van der Waals surface area contributed by atoms with Gasteiger partial charge < -0.3 is 29.4 Å². The van der Waals surface area contributed by atoms with Crippen molar-refractivity contribution >= 4 is 28.2 Å². The minimum absolute atomic E-state index is 0.127. The van der Waals surface area contributed by atoms with Crippen LogP contribution in [0.4, 0.5) is 0 Å². The molecular weight excluding hydrogens is 428 g/mol. The van der Waals surface area contributed by atoms with Crippen molar-refractivity contribution in [1.82, 2.24) is 20.1 Å². The number of ether oxygens (including phenoxy) is 3. The number of H-pyrrole nitrogens is 1. The van der Waals surface area contributed by atoms with Crippen molar-refractivity contribution in [3.8, 4) is 11.5 Å². The summed E-state index contributed by atoms with van der Waals surface area (Å²) in [5, 5.41) is 4.91. The molecule has 0 bridgehead atoms. The average Bonchev–Trinajstić information content (AvgIpc) is 2.81. The van der Waals surface area contributed by atoms with E-state index < -0.39 is 0 Å². The first-order chi connectivity index (χ1) is 15.5. The van der Waals surface area contributed by atoms with Gasteiger partial charge in [-0.3, -0.25) is 9.69 Å². The monoisotopic (exact) mass is 462 g/mol. The molecule has 1 saturated heterocycles. The van der Waals surface area contributed by atoms with E-state index in [2.05, 4.69) is 27.0 Å². The first-order valence-corrected chi connectivity index (χ1v) is 11.6. The van der Waals surface area contributed by atoms with Crippen LogP contribution < -0.4 is 20.3 Å². The number of pyridine rings is 1. The molecule has 8 nitrogen and oxygen atoms in total. The van der Waals surface area contributed by atoms with Crippen molar-refractivity contribution < 1.29 is 14.2 Å². The molecule has 1 fully saturated rings. The number of hydrogen-bond acceptors (Lipinski definition) is 6. The summed E-state index contributed by atoms with van der Waals surface area (Å²) in [7, 11) is 3.18. The highest BCUT2D eigenvalue weighted by Crippen LogP contribution is 2.31. The number of aromatic nitrogens is 1. The molecule has 2 aromatic rings. The van der Waals surface area contributed by atoms with Gasteiger partial charge in [-0.05, 0) is 30.8 Å². The molecule has 0 saturated carbocycles. The number of rotatable bonds is 10. The lowest BCUT2D eigenvalue weighted by atomic mass is 10.1. The van der Waals surface area contributed by atoms with Crippen LogP contribution in [0.2, 0.25) is 0 Å². The van der Waals surface area contributed by atoms with Gasteiger partial charge in [0, 0.05) is 49.7 Å². The standard InChI is InChI=1S/C23H34N4O4S/c1-4-5-6-24-23(32)27(8-7-26-9-11-31-12-10-26)16-18-13-17-14-20(29-2)21(30-3)15-19(17)25-22(18)28/h13-15H,4-12,16H2,1-3H3,(H,24,32)(H,25,28). The number of nitrogens with one attached hydrogen (secondary N) is 2. The highest BCUT2D eigenvalue weighted by molar-refractivity contribution is 7.80. The van der Waals surface area contributed by atoms with Crippen LogP contribution in [0.15, 0.2) is 23.0 Å². The van der Waals surface area contributed by atoms with Gasteiger partial charge in [0.05, 0.1) is 39.5 Å². The number of aromatic amines is 1. The SMILES string of the molecule is CCCCNC(=S)N(CCN1CCOCC1)Cc1cc2cc(OC)c(OC)cc2[nH]c1=O. The molecule has 9 heteroatoms. The topological polar surface area (TPSA) is 79.1 Å². The number of fused-ring (bicyclic) bond motifs is 1. The Morgan fingerprint density at radius 2 is 1.94 bits per heavy atom. The van der Waals surface area contributed by atoms with E-state index in [0.29, 0.717) is 34.2 Å². The van der Waals surface area contributed by atoms with E-state index in [0.717, 1.165) is 64.2 Å². The second-order valence-corrected chi connectivity index (χ2v) is 8.27. The fourth-order valence-corrected chi connectivity index (χ4v) is 3.98. The van der Waals surface area contributed by atoms with Gasteiger partial charge in [0.2, 0.25) is 0 Å². The van der Waals surface area contributed by atoms with E-state index in [-0.39, 0.29) is 5.56 Å². The maximum absolute atomic E-state index is 12.9. The molecular formula is C23H34N4O4S. The van der Waals surface area contributed by atoms with Gasteiger partial charge >= 0.3 is 0 Å². The highest BCUT2D eigenvalue weighted by Gasteiger charge is 2.17. The minimum Gasteiger partial charge on any atom is -0.493 e. The molecule has 176 valence electrons. The maximum Gasteiger partial charge on any atom is 0.253 e. The highest BCUT2D eigenvalue weighted by atomic mass is 32.1. The van der Waals surface area contributed by atoms with Crippen LogP contribution in [0.1, 0.15) is 25.3 Å². The Balaban J connectivity index is 1.81. The quantitative estimate of drug-likeness (QED) is 0.412. The van der Waals surface area contributed by atoms with E-state index >= 15 is 0 Å². The van der Waals surface area contributed by atoms with Gasteiger partial charge in [-0.1, -0.05) is 13.3 Å². The summed E-state index contributed by atoms with van der Waals surface area (Å²) in [5.41, 5.74) is 1.24. The lowest BCUT2D eigenvalue weighted by Gasteiger charge is -2.31. The molecule has 1 aliphatic rings. The molecule has 1 aliphatic heterocycles. The summed E-state index contributed by atoms with van der Waals surface area (Å²) in [6, 6.07) is 5.57. The van der Waals surface area contributed by atoms with Crippen molar-refractivity contribution in [3.05, 3.63) is 34.1 Å². The van der Waals surface area contributed by atoms with Gasteiger partial charge in [0.25, 0.3) is 5.56 Å². The van der Waals surface area contributed by atoms with E-state index in [4.69, 9.17) is 26.4 Å². The Morgan fingerprint density at radius 1 is 1.22 bits per heavy atom. The number of unbranched alkanes of at least 4 members (excludes halogenated alkanes) is 1. The van der Waals surface area contributed by atoms with Crippen LogP contribution in [-0.4, -0.2) is 80.1 Å². The van der Waals surface area contributed by atoms with Crippen molar-refractivity contribution in [1.29, 1.82) is 0 Å². The maximum atomic E-state index is 12.9. The average molecular weight is 463 g/mol. The molecule has 0 aliphatic carbocycles. The number of benzene rings is 1. The van der Waals surface area contributed by atoms with Crippen LogP contribution >= 0.6 is 12.2 Å². The third kappa shape index (κ3) is 6.34. The Bertz CT molecular complexity index is 959. The second-order valence-electron chi connectivity index (χ2n) is 7.88. The molecule has 0 radical (unpaired) electrons.